The maximum Gasteiger partial charge on any atom is 0.123 e. The van der Waals surface area contributed by atoms with Crippen molar-refractivity contribution < 1.29 is 4.39 Å². The molecular formula is C12H16ClF. The summed E-state index contributed by atoms with van der Waals surface area (Å²) in [6, 6.07) is 4.79. The minimum atomic E-state index is -0.195. The molecule has 78 valence electrons. The molecule has 2 heteroatoms. The molecule has 1 aromatic carbocycles. The van der Waals surface area contributed by atoms with E-state index in [0.29, 0.717) is 5.92 Å². The molecule has 0 aromatic heterocycles. The zero-order chi connectivity index (χ0) is 10.7. The van der Waals surface area contributed by atoms with E-state index in [9.17, 15) is 4.39 Å². The standard InChI is InChI=1S/C12H16ClF/c1-8(2)6-12(13)11-5-4-10(14)7-9(11)3/h4-5,7-8,12H,6H2,1-3H3. The Morgan fingerprint density at radius 3 is 2.50 bits per heavy atom. The Balaban J connectivity index is 2.84. The number of hydrogen-bond donors (Lipinski definition) is 0. The first kappa shape index (κ1) is 11.5. The highest BCUT2D eigenvalue weighted by Gasteiger charge is 2.12. The third kappa shape index (κ3) is 2.98. The quantitative estimate of drug-likeness (QED) is 0.652. The van der Waals surface area contributed by atoms with Crippen LogP contribution in [-0.4, -0.2) is 0 Å². The van der Waals surface area contributed by atoms with Gasteiger partial charge in [0.1, 0.15) is 5.82 Å². The van der Waals surface area contributed by atoms with E-state index < -0.39 is 0 Å². The number of hydrogen-bond acceptors (Lipinski definition) is 0. The number of rotatable bonds is 3. The molecule has 0 radical (unpaired) electrons. The van der Waals surface area contributed by atoms with Gasteiger partial charge in [-0.15, -0.1) is 11.6 Å². The predicted molar refractivity (Wildman–Crippen MR) is 59.2 cm³/mol. The second-order valence-corrected chi connectivity index (χ2v) is 4.62. The summed E-state index contributed by atoms with van der Waals surface area (Å²) in [6.45, 7) is 6.16. The summed E-state index contributed by atoms with van der Waals surface area (Å²) >= 11 is 6.24. The molecule has 1 unspecified atom stereocenters. The first-order valence-electron chi connectivity index (χ1n) is 4.91. The molecule has 0 spiro atoms. The molecule has 14 heavy (non-hydrogen) atoms. The predicted octanol–water partition coefficient (Wildman–Crippen LogP) is 4.46. The van der Waals surface area contributed by atoms with E-state index in [2.05, 4.69) is 13.8 Å². The van der Waals surface area contributed by atoms with E-state index in [1.165, 1.54) is 12.1 Å². The molecule has 0 heterocycles. The summed E-state index contributed by atoms with van der Waals surface area (Å²) in [5, 5.41) is -0.00407. The summed E-state index contributed by atoms with van der Waals surface area (Å²) in [4.78, 5) is 0. The van der Waals surface area contributed by atoms with Gasteiger partial charge in [0.15, 0.2) is 0 Å². The van der Waals surface area contributed by atoms with Crippen LogP contribution in [0.4, 0.5) is 4.39 Å². The van der Waals surface area contributed by atoms with Crippen LogP contribution in [0.3, 0.4) is 0 Å². The molecule has 0 saturated carbocycles. The highest BCUT2D eigenvalue weighted by Crippen LogP contribution is 2.30. The van der Waals surface area contributed by atoms with Gasteiger partial charge in [-0.3, -0.25) is 0 Å². The van der Waals surface area contributed by atoms with Gasteiger partial charge < -0.3 is 0 Å². The monoisotopic (exact) mass is 214 g/mol. The van der Waals surface area contributed by atoms with Crippen molar-refractivity contribution in [1.29, 1.82) is 0 Å². The van der Waals surface area contributed by atoms with E-state index in [4.69, 9.17) is 11.6 Å². The molecule has 0 fully saturated rings. The zero-order valence-electron chi connectivity index (χ0n) is 8.85. The van der Waals surface area contributed by atoms with E-state index >= 15 is 0 Å². The molecule has 0 bridgehead atoms. The second kappa shape index (κ2) is 4.79. The zero-order valence-corrected chi connectivity index (χ0v) is 9.61. The maximum absolute atomic E-state index is 12.8. The lowest BCUT2D eigenvalue weighted by Gasteiger charge is -2.14. The Kier molecular flexibility index (Phi) is 3.94. The van der Waals surface area contributed by atoms with Crippen LogP contribution in [0, 0.1) is 18.7 Å². The van der Waals surface area contributed by atoms with Crippen molar-refractivity contribution in [2.24, 2.45) is 5.92 Å². The fourth-order valence-electron chi connectivity index (χ4n) is 1.53. The Bertz CT molecular complexity index is 307. The average molecular weight is 215 g/mol. The van der Waals surface area contributed by atoms with Crippen molar-refractivity contribution in [2.75, 3.05) is 0 Å². The number of alkyl halides is 1. The molecule has 0 aliphatic carbocycles. The van der Waals surface area contributed by atoms with Crippen molar-refractivity contribution >= 4 is 11.6 Å². The van der Waals surface area contributed by atoms with Crippen LogP contribution in [0.1, 0.15) is 36.8 Å². The lowest BCUT2D eigenvalue weighted by atomic mass is 9.98. The molecule has 0 aliphatic rings. The van der Waals surface area contributed by atoms with Gasteiger partial charge in [-0.2, -0.15) is 0 Å². The Morgan fingerprint density at radius 1 is 1.36 bits per heavy atom. The van der Waals surface area contributed by atoms with Gasteiger partial charge in [0.05, 0.1) is 5.38 Å². The lowest BCUT2D eigenvalue weighted by molar-refractivity contribution is 0.572. The second-order valence-electron chi connectivity index (χ2n) is 4.10. The summed E-state index contributed by atoms with van der Waals surface area (Å²) in [5.74, 6) is 0.363. The smallest absolute Gasteiger partial charge is 0.123 e. The average Bonchev–Trinajstić information content (AvgIpc) is 2.01. The largest absolute Gasteiger partial charge is 0.207 e. The van der Waals surface area contributed by atoms with Gasteiger partial charge in [-0.1, -0.05) is 19.9 Å². The van der Waals surface area contributed by atoms with Crippen LogP contribution in [0.25, 0.3) is 0 Å². The number of aryl methyl sites for hydroxylation is 1. The Morgan fingerprint density at radius 2 is 2.00 bits per heavy atom. The van der Waals surface area contributed by atoms with Crippen LogP contribution in [-0.2, 0) is 0 Å². The third-order valence-corrected chi connectivity index (χ3v) is 2.66. The molecule has 1 rings (SSSR count). The van der Waals surface area contributed by atoms with Crippen molar-refractivity contribution in [3.05, 3.63) is 35.1 Å². The van der Waals surface area contributed by atoms with Gasteiger partial charge in [-0.05, 0) is 42.5 Å². The normalized spacial score (nSPS) is 13.3. The lowest BCUT2D eigenvalue weighted by Crippen LogP contribution is -1.99. The third-order valence-electron chi connectivity index (χ3n) is 2.25. The van der Waals surface area contributed by atoms with Crippen LogP contribution < -0.4 is 0 Å². The van der Waals surface area contributed by atoms with Gasteiger partial charge in [0, 0.05) is 0 Å². The van der Waals surface area contributed by atoms with Crippen molar-refractivity contribution in [3.63, 3.8) is 0 Å². The van der Waals surface area contributed by atoms with Gasteiger partial charge >= 0.3 is 0 Å². The number of benzene rings is 1. The molecular weight excluding hydrogens is 199 g/mol. The van der Waals surface area contributed by atoms with Crippen LogP contribution in [0.2, 0.25) is 0 Å². The topological polar surface area (TPSA) is 0 Å². The van der Waals surface area contributed by atoms with E-state index in [1.807, 2.05) is 6.92 Å². The SMILES string of the molecule is Cc1cc(F)ccc1C(Cl)CC(C)C. The molecule has 0 N–H and O–H groups in total. The van der Waals surface area contributed by atoms with Crippen molar-refractivity contribution in [2.45, 2.75) is 32.6 Å². The molecule has 0 saturated heterocycles. The van der Waals surface area contributed by atoms with E-state index in [-0.39, 0.29) is 11.2 Å². The summed E-state index contributed by atoms with van der Waals surface area (Å²) in [5.41, 5.74) is 1.98. The van der Waals surface area contributed by atoms with Gasteiger partial charge in [0.25, 0.3) is 0 Å². The van der Waals surface area contributed by atoms with Gasteiger partial charge in [-0.25, -0.2) is 4.39 Å². The first-order chi connectivity index (χ1) is 6.50. The highest BCUT2D eigenvalue weighted by molar-refractivity contribution is 6.20. The minimum Gasteiger partial charge on any atom is -0.207 e. The van der Waals surface area contributed by atoms with Crippen LogP contribution in [0.5, 0.6) is 0 Å². The summed E-state index contributed by atoms with van der Waals surface area (Å²) in [6.07, 6.45) is 0.925. The number of halogens is 2. The minimum absolute atomic E-state index is 0.00407. The molecule has 0 amide bonds. The van der Waals surface area contributed by atoms with Crippen molar-refractivity contribution in [1.82, 2.24) is 0 Å². The van der Waals surface area contributed by atoms with Gasteiger partial charge in [0.2, 0.25) is 0 Å². The fraction of sp³-hybridized carbons (Fsp3) is 0.500. The first-order valence-corrected chi connectivity index (χ1v) is 5.34. The fourth-order valence-corrected chi connectivity index (χ4v) is 2.13. The Labute approximate surface area is 90.1 Å². The van der Waals surface area contributed by atoms with Crippen molar-refractivity contribution in [3.8, 4) is 0 Å². The van der Waals surface area contributed by atoms with E-state index in [0.717, 1.165) is 17.5 Å². The molecule has 1 atom stereocenters. The highest BCUT2D eigenvalue weighted by atomic mass is 35.5. The molecule has 0 nitrogen and oxygen atoms in total. The summed E-state index contributed by atoms with van der Waals surface area (Å²) < 4.78 is 12.8. The Hall–Kier alpha value is -0.560. The molecule has 1 aromatic rings. The van der Waals surface area contributed by atoms with Crippen LogP contribution >= 0.6 is 11.6 Å². The van der Waals surface area contributed by atoms with Crippen LogP contribution in [0.15, 0.2) is 18.2 Å². The molecule has 0 aliphatic heterocycles. The summed E-state index contributed by atoms with van der Waals surface area (Å²) in [7, 11) is 0. The maximum atomic E-state index is 12.8. The van der Waals surface area contributed by atoms with E-state index in [1.54, 1.807) is 6.07 Å².